The lowest BCUT2D eigenvalue weighted by atomic mass is 10.2. The highest BCUT2D eigenvalue weighted by molar-refractivity contribution is 7.10. The molecule has 1 aromatic rings. The molecule has 1 unspecified atom stereocenters. The number of halogens is 1. The van der Waals surface area contributed by atoms with E-state index in [0.29, 0.717) is 17.9 Å². The largest absolute Gasteiger partial charge is 0.443 e. The van der Waals surface area contributed by atoms with Gasteiger partial charge in [-0.2, -0.15) is 0 Å². The van der Waals surface area contributed by atoms with Crippen LogP contribution >= 0.6 is 22.9 Å². The second-order valence-corrected chi connectivity index (χ2v) is 6.79. The van der Waals surface area contributed by atoms with E-state index in [2.05, 4.69) is 0 Å². The molecule has 1 aliphatic rings. The molecule has 0 saturated carbocycles. The molecule has 6 heteroatoms. The average Bonchev–Trinajstić information content (AvgIpc) is 2.81. The topological polar surface area (TPSA) is 46.6 Å². The molecule has 2 rings (SSSR count). The number of hydrogen-bond donors (Lipinski definition) is 0. The highest BCUT2D eigenvalue weighted by atomic mass is 35.5. The Morgan fingerprint density at radius 2 is 2.21 bits per heavy atom. The second-order valence-electron chi connectivity index (χ2n) is 5.43. The van der Waals surface area contributed by atoms with E-state index in [0.717, 1.165) is 4.88 Å². The molecule has 0 radical (unpaired) electrons. The minimum absolute atomic E-state index is 0.205. The molecule has 2 heterocycles. The summed E-state index contributed by atoms with van der Waals surface area (Å²) in [4.78, 5) is 26.1. The number of ether oxygens (including phenoxy) is 1. The maximum atomic E-state index is 12.1. The normalized spacial score (nSPS) is 19.9. The summed E-state index contributed by atoms with van der Waals surface area (Å²) < 4.78 is 5.29. The van der Waals surface area contributed by atoms with Crippen LogP contribution in [0.1, 0.15) is 44.5 Å². The van der Waals surface area contributed by atoms with Crippen LogP contribution in [-0.4, -0.2) is 22.5 Å². The first-order valence-corrected chi connectivity index (χ1v) is 7.33. The van der Waals surface area contributed by atoms with Crippen molar-refractivity contribution in [3.63, 3.8) is 0 Å². The third-order valence-corrected chi connectivity index (χ3v) is 4.21. The standard InChI is InChI=1S/C13H16ClNO3S/c1-13(2,3)18-12(17)15-9(4-5-10(15)16)11-8(14)6-7-19-11/h6-7,9H,4-5H2,1-3H3. The third kappa shape index (κ3) is 3.09. The number of carbonyl (C=O) groups is 2. The van der Waals surface area contributed by atoms with Crippen molar-refractivity contribution in [2.75, 3.05) is 0 Å². The van der Waals surface area contributed by atoms with Gasteiger partial charge in [-0.15, -0.1) is 11.3 Å². The van der Waals surface area contributed by atoms with Crippen LogP contribution in [0.5, 0.6) is 0 Å². The van der Waals surface area contributed by atoms with Gasteiger partial charge >= 0.3 is 6.09 Å². The zero-order valence-corrected chi connectivity index (χ0v) is 12.7. The molecule has 0 bridgehead atoms. The maximum Gasteiger partial charge on any atom is 0.417 e. The van der Waals surface area contributed by atoms with Crippen molar-refractivity contribution >= 4 is 34.9 Å². The van der Waals surface area contributed by atoms with E-state index in [1.54, 1.807) is 26.8 Å². The smallest absolute Gasteiger partial charge is 0.417 e. The Morgan fingerprint density at radius 1 is 1.53 bits per heavy atom. The molecule has 1 aliphatic heterocycles. The van der Waals surface area contributed by atoms with Crippen molar-refractivity contribution in [1.29, 1.82) is 0 Å². The summed E-state index contributed by atoms with van der Waals surface area (Å²) in [6.45, 7) is 5.33. The SMILES string of the molecule is CC(C)(C)OC(=O)N1C(=O)CCC1c1sccc1Cl. The molecule has 1 fully saturated rings. The lowest BCUT2D eigenvalue weighted by Gasteiger charge is -2.27. The maximum absolute atomic E-state index is 12.1. The van der Waals surface area contributed by atoms with Crippen LogP contribution in [0.2, 0.25) is 5.02 Å². The van der Waals surface area contributed by atoms with Gasteiger partial charge in [-0.1, -0.05) is 11.6 Å². The van der Waals surface area contributed by atoms with E-state index >= 15 is 0 Å². The minimum atomic E-state index is -0.621. The molecule has 0 N–H and O–H groups in total. The predicted octanol–water partition coefficient (Wildman–Crippen LogP) is 4.00. The molecule has 4 nitrogen and oxygen atoms in total. The highest BCUT2D eigenvalue weighted by Gasteiger charge is 2.40. The van der Waals surface area contributed by atoms with Gasteiger partial charge in [-0.3, -0.25) is 4.79 Å². The molecule has 2 amide bonds. The lowest BCUT2D eigenvalue weighted by Crippen LogP contribution is -2.38. The molecule has 104 valence electrons. The molecule has 1 saturated heterocycles. The highest BCUT2D eigenvalue weighted by Crippen LogP contribution is 2.40. The van der Waals surface area contributed by atoms with Crippen LogP contribution in [0.4, 0.5) is 4.79 Å². The quantitative estimate of drug-likeness (QED) is 0.787. The first kappa shape index (κ1) is 14.3. The minimum Gasteiger partial charge on any atom is -0.443 e. The van der Waals surface area contributed by atoms with Gasteiger partial charge < -0.3 is 4.74 Å². The fourth-order valence-electron chi connectivity index (χ4n) is 2.02. The van der Waals surface area contributed by atoms with Gasteiger partial charge in [-0.05, 0) is 38.6 Å². The number of thiophene rings is 1. The van der Waals surface area contributed by atoms with E-state index in [-0.39, 0.29) is 11.9 Å². The number of likely N-dealkylation sites (tertiary alicyclic amines) is 1. The summed E-state index contributed by atoms with van der Waals surface area (Å²) in [5, 5.41) is 2.45. The molecule has 19 heavy (non-hydrogen) atoms. The Bertz CT molecular complexity index is 506. The Morgan fingerprint density at radius 3 is 2.74 bits per heavy atom. The average molecular weight is 302 g/mol. The van der Waals surface area contributed by atoms with Crippen molar-refractivity contribution in [3.05, 3.63) is 21.3 Å². The van der Waals surface area contributed by atoms with E-state index < -0.39 is 11.7 Å². The van der Waals surface area contributed by atoms with Gasteiger partial charge in [-0.25, -0.2) is 9.69 Å². The number of nitrogens with zero attached hydrogens (tertiary/aromatic N) is 1. The van der Waals surface area contributed by atoms with Crippen LogP contribution in [-0.2, 0) is 9.53 Å². The summed E-state index contributed by atoms with van der Waals surface area (Å²) in [6, 6.07) is 1.48. The van der Waals surface area contributed by atoms with Crippen LogP contribution in [0.3, 0.4) is 0 Å². The predicted molar refractivity (Wildman–Crippen MR) is 74.4 cm³/mol. The Balaban J connectivity index is 2.24. The molecule has 1 atom stereocenters. The van der Waals surface area contributed by atoms with Crippen LogP contribution in [0, 0.1) is 0 Å². The second kappa shape index (κ2) is 5.13. The van der Waals surface area contributed by atoms with Crippen molar-refractivity contribution < 1.29 is 14.3 Å². The van der Waals surface area contributed by atoms with Crippen molar-refractivity contribution in [2.24, 2.45) is 0 Å². The van der Waals surface area contributed by atoms with Crippen LogP contribution in [0.15, 0.2) is 11.4 Å². The van der Waals surface area contributed by atoms with Crippen molar-refractivity contribution in [3.8, 4) is 0 Å². The zero-order valence-electron chi connectivity index (χ0n) is 11.1. The first-order valence-electron chi connectivity index (χ1n) is 6.07. The van der Waals surface area contributed by atoms with Crippen LogP contribution in [0.25, 0.3) is 0 Å². The van der Waals surface area contributed by atoms with Gasteiger partial charge in [0, 0.05) is 11.3 Å². The van der Waals surface area contributed by atoms with Crippen molar-refractivity contribution in [1.82, 2.24) is 4.90 Å². The summed E-state index contributed by atoms with van der Waals surface area (Å²) in [5.74, 6) is -0.205. The fourth-order valence-corrected chi connectivity index (χ4v) is 3.32. The van der Waals surface area contributed by atoms with Gasteiger partial charge in [0.15, 0.2) is 0 Å². The molecular formula is C13H16ClNO3S. The van der Waals surface area contributed by atoms with E-state index in [9.17, 15) is 9.59 Å². The fraction of sp³-hybridized carbons (Fsp3) is 0.538. The molecular weight excluding hydrogens is 286 g/mol. The molecule has 0 aromatic carbocycles. The molecule has 0 spiro atoms. The molecule has 1 aromatic heterocycles. The third-order valence-electron chi connectivity index (χ3n) is 2.75. The Hall–Kier alpha value is -1.07. The van der Waals surface area contributed by atoms with Gasteiger partial charge in [0.05, 0.1) is 11.1 Å². The first-order chi connectivity index (χ1) is 8.79. The summed E-state index contributed by atoms with van der Waals surface area (Å²) in [7, 11) is 0. The zero-order chi connectivity index (χ0) is 14.2. The number of amides is 2. The monoisotopic (exact) mass is 301 g/mol. The number of rotatable bonds is 1. The number of hydrogen-bond acceptors (Lipinski definition) is 4. The number of carbonyl (C=O) groups excluding carboxylic acids is 2. The Labute approximate surface area is 121 Å². The molecule has 0 aliphatic carbocycles. The van der Waals surface area contributed by atoms with E-state index in [1.807, 2.05) is 5.38 Å². The summed E-state index contributed by atoms with van der Waals surface area (Å²) in [5.41, 5.74) is -0.621. The summed E-state index contributed by atoms with van der Waals surface area (Å²) in [6.07, 6.45) is 0.348. The van der Waals surface area contributed by atoms with Crippen LogP contribution < -0.4 is 0 Å². The lowest BCUT2D eigenvalue weighted by molar-refractivity contribution is -0.128. The Kier molecular flexibility index (Phi) is 3.87. The van der Waals surface area contributed by atoms with E-state index in [4.69, 9.17) is 16.3 Å². The van der Waals surface area contributed by atoms with Crippen molar-refractivity contribution in [2.45, 2.75) is 45.3 Å². The van der Waals surface area contributed by atoms with E-state index in [1.165, 1.54) is 16.2 Å². The van der Waals surface area contributed by atoms with Gasteiger partial charge in [0.2, 0.25) is 5.91 Å². The summed E-state index contributed by atoms with van der Waals surface area (Å²) >= 11 is 7.55. The number of imide groups is 1. The van der Waals surface area contributed by atoms with Gasteiger partial charge in [0.1, 0.15) is 5.60 Å². The van der Waals surface area contributed by atoms with Gasteiger partial charge in [0.25, 0.3) is 0 Å².